The summed E-state index contributed by atoms with van der Waals surface area (Å²) in [6.07, 6.45) is 0. The zero-order chi connectivity index (χ0) is 14.0. The third-order valence-electron chi connectivity index (χ3n) is 3.24. The normalized spacial score (nSPS) is 19.3. The molecule has 0 saturated carbocycles. The Labute approximate surface area is 118 Å². The first-order valence-corrected chi connectivity index (χ1v) is 7.51. The Morgan fingerprint density at radius 3 is 2.84 bits per heavy atom. The molecule has 1 aliphatic heterocycles. The van der Waals surface area contributed by atoms with Crippen molar-refractivity contribution in [1.82, 2.24) is 4.90 Å². The van der Waals surface area contributed by atoms with Crippen molar-refractivity contribution in [3.63, 3.8) is 0 Å². The molecule has 1 aromatic rings. The number of rotatable bonds is 2. The zero-order valence-electron chi connectivity index (χ0n) is 11.7. The molecule has 0 aliphatic carbocycles. The van der Waals surface area contributed by atoms with E-state index in [4.69, 9.17) is 5.73 Å². The molecular weight excluding hydrogens is 258 g/mol. The van der Waals surface area contributed by atoms with Gasteiger partial charge >= 0.3 is 0 Å². The van der Waals surface area contributed by atoms with E-state index < -0.39 is 0 Å². The second-order valence-corrected chi connectivity index (χ2v) is 6.65. The number of amides is 1. The molecule has 1 saturated heterocycles. The summed E-state index contributed by atoms with van der Waals surface area (Å²) in [6.45, 7) is 4.14. The molecule has 0 spiro atoms. The van der Waals surface area contributed by atoms with Gasteiger partial charge in [-0.1, -0.05) is 6.92 Å². The van der Waals surface area contributed by atoms with Crippen LogP contribution in [-0.2, 0) is 0 Å². The Hall–Kier alpha value is -1.36. The third kappa shape index (κ3) is 3.15. The van der Waals surface area contributed by atoms with Gasteiger partial charge in [0, 0.05) is 43.9 Å². The Morgan fingerprint density at radius 2 is 2.21 bits per heavy atom. The van der Waals surface area contributed by atoms with E-state index in [-0.39, 0.29) is 5.91 Å². The van der Waals surface area contributed by atoms with Gasteiger partial charge in [0.1, 0.15) is 0 Å². The van der Waals surface area contributed by atoms with Crippen molar-refractivity contribution in [2.24, 2.45) is 0 Å². The molecule has 0 radical (unpaired) electrons. The fourth-order valence-corrected chi connectivity index (χ4v) is 3.28. The average molecular weight is 279 g/mol. The van der Waals surface area contributed by atoms with Crippen LogP contribution >= 0.6 is 11.8 Å². The lowest BCUT2D eigenvalue weighted by Crippen LogP contribution is -2.38. The van der Waals surface area contributed by atoms with Crippen LogP contribution in [0.1, 0.15) is 17.3 Å². The van der Waals surface area contributed by atoms with Crippen molar-refractivity contribution < 1.29 is 4.79 Å². The van der Waals surface area contributed by atoms with Gasteiger partial charge in [0.25, 0.3) is 5.91 Å². The SMILES string of the molecule is CC1CN(c2cc(N)ccc2C(=O)N(C)C)CCS1. The van der Waals surface area contributed by atoms with Gasteiger partial charge in [-0.25, -0.2) is 0 Å². The lowest BCUT2D eigenvalue weighted by molar-refractivity contribution is 0.0828. The number of carbonyl (C=O) groups excluding carboxylic acids is 1. The molecule has 19 heavy (non-hydrogen) atoms. The van der Waals surface area contributed by atoms with Crippen molar-refractivity contribution in [2.45, 2.75) is 12.2 Å². The van der Waals surface area contributed by atoms with Crippen LogP contribution in [0.3, 0.4) is 0 Å². The van der Waals surface area contributed by atoms with E-state index in [9.17, 15) is 4.79 Å². The number of nitrogen functional groups attached to an aromatic ring is 1. The van der Waals surface area contributed by atoms with Crippen LogP contribution in [0.4, 0.5) is 11.4 Å². The minimum atomic E-state index is 0.0286. The second kappa shape index (κ2) is 5.74. The fraction of sp³-hybridized carbons (Fsp3) is 0.500. The molecule has 1 unspecified atom stereocenters. The molecule has 1 amide bonds. The molecule has 5 heteroatoms. The molecule has 2 rings (SSSR count). The summed E-state index contributed by atoms with van der Waals surface area (Å²) in [7, 11) is 3.55. The van der Waals surface area contributed by atoms with Gasteiger partial charge in [-0.05, 0) is 18.2 Å². The Kier molecular flexibility index (Phi) is 4.24. The van der Waals surface area contributed by atoms with Crippen LogP contribution in [0, 0.1) is 0 Å². The maximum Gasteiger partial charge on any atom is 0.255 e. The van der Waals surface area contributed by atoms with E-state index >= 15 is 0 Å². The topological polar surface area (TPSA) is 49.6 Å². The standard InChI is InChI=1S/C14H21N3OS/c1-10-9-17(6-7-19-10)13-8-11(15)4-5-12(13)14(18)16(2)3/h4-5,8,10H,6-7,9,15H2,1-3H3. The Morgan fingerprint density at radius 1 is 1.47 bits per heavy atom. The highest BCUT2D eigenvalue weighted by molar-refractivity contribution is 8.00. The predicted molar refractivity (Wildman–Crippen MR) is 83.0 cm³/mol. The van der Waals surface area contributed by atoms with Crippen molar-refractivity contribution >= 4 is 29.0 Å². The number of hydrogen-bond donors (Lipinski definition) is 1. The highest BCUT2D eigenvalue weighted by Gasteiger charge is 2.22. The number of hydrogen-bond acceptors (Lipinski definition) is 4. The quantitative estimate of drug-likeness (QED) is 0.840. The fourth-order valence-electron chi connectivity index (χ4n) is 2.27. The number of nitrogens with two attached hydrogens (primary N) is 1. The molecule has 1 aromatic carbocycles. The first kappa shape index (κ1) is 14.1. The van der Waals surface area contributed by atoms with Crippen molar-refractivity contribution in [2.75, 3.05) is 43.6 Å². The molecule has 1 fully saturated rings. The lowest BCUT2D eigenvalue weighted by Gasteiger charge is -2.34. The highest BCUT2D eigenvalue weighted by Crippen LogP contribution is 2.29. The van der Waals surface area contributed by atoms with Gasteiger partial charge in [-0.15, -0.1) is 0 Å². The van der Waals surface area contributed by atoms with Crippen LogP contribution < -0.4 is 10.6 Å². The van der Waals surface area contributed by atoms with Crippen LogP contribution in [0.2, 0.25) is 0 Å². The summed E-state index contributed by atoms with van der Waals surface area (Å²) in [4.78, 5) is 16.1. The van der Waals surface area contributed by atoms with E-state index in [1.54, 1.807) is 25.1 Å². The minimum absolute atomic E-state index is 0.0286. The van der Waals surface area contributed by atoms with E-state index in [0.717, 1.165) is 30.1 Å². The van der Waals surface area contributed by atoms with Gasteiger partial charge < -0.3 is 15.5 Å². The van der Waals surface area contributed by atoms with Crippen LogP contribution in [0.15, 0.2) is 18.2 Å². The predicted octanol–water partition coefficient (Wildman–Crippen LogP) is 1.91. The monoisotopic (exact) mass is 279 g/mol. The Balaban J connectivity index is 2.36. The maximum atomic E-state index is 12.3. The minimum Gasteiger partial charge on any atom is -0.399 e. The molecule has 2 N–H and O–H groups in total. The first-order chi connectivity index (χ1) is 8.99. The van der Waals surface area contributed by atoms with Crippen molar-refractivity contribution in [3.8, 4) is 0 Å². The largest absolute Gasteiger partial charge is 0.399 e. The van der Waals surface area contributed by atoms with Gasteiger partial charge in [0.2, 0.25) is 0 Å². The van der Waals surface area contributed by atoms with E-state index in [2.05, 4.69) is 11.8 Å². The number of thioether (sulfide) groups is 1. The summed E-state index contributed by atoms with van der Waals surface area (Å²) < 4.78 is 0. The van der Waals surface area contributed by atoms with Gasteiger partial charge in [0.15, 0.2) is 0 Å². The molecule has 1 atom stereocenters. The third-order valence-corrected chi connectivity index (χ3v) is 4.38. The summed E-state index contributed by atoms with van der Waals surface area (Å²) in [5, 5.41) is 0.581. The van der Waals surface area contributed by atoms with Gasteiger partial charge in [-0.2, -0.15) is 11.8 Å². The van der Waals surface area contributed by atoms with Crippen molar-refractivity contribution in [3.05, 3.63) is 23.8 Å². The van der Waals surface area contributed by atoms with E-state index in [1.807, 2.05) is 23.9 Å². The van der Waals surface area contributed by atoms with Crippen molar-refractivity contribution in [1.29, 1.82) is 0 Å². The highest BCUT2D eigenvalue weighted by atomic mass is 32.2. The molecule has 1 heterocycles. The van der Waals surface area contributed by atoms with Crippen LogP contribution in [-0.4, -0.2) is 49.0 Å². The number of anilines is 2. The van der Waals surface area contributed by atoms with Gasteiger partial charge in [0.05, 0.1) is 11.3 Å². The summed E-state index contributed by atoms with van der Waals surface area (Å²) in [6, 6.07) is 5.54. The number of benzene rings is 1. The number of carbonyl (C=O) groups is 1. The molecule has 4 nitrogen and oxygen atoms in total. The Bertz CT molecular complexity index is 476. The maximum absolute atomic E-state index is 12.3. The average Bonchev–Trinajstić information content (AvgIpc) is 2.37. The van der Waals surface area contributed by atoms with E-state index in [1.165, 1.54) is 0 Å². The summed E-state index contributed by atoms with van der Waals surface area (Å²) in [5.74, 6) is 1.12. The number of nitrogens with zero attached hydrogens (tertiary/aromatic N) is 2. The second-order valence-electron chi connectivity index (χ2n) is 5.10. The molecular formula is C14H21N3OS. The summed E-state index contributed by atoms with van der Waals surface area (Å²) >= 11 is 1.97. The zero-order valence-corrected chi connectivity index (χ0v) is 12.5. The van der Waals surface area contributed by atoms with Crippen LogP contribution in [0.25, 0.3) is 0 Å². The summed E-state index contributed by atoms with van der Waals surface area (Å²) in [5.41, 5.74) is 8.29. The lowest BCUT2D eigenvalue weighted by atomic mass is 10.1. The molecule has 1 aliphatic rings. The van der Waals surface area contributed by atoms with E-state index in [0.29, 0.717) is 10.9 Å². The van der Waals surface area contributed by atoms with Crippen LogP contribution in [0.5, 0.6) is 0 Å². The molecule has 0 aromatic heterocycles. The first-order valence-electron chi connectivity index (χ1n) is 6.46. The van der Waals surface area contributed by atoms with Gasteiger partial charge in [-0.3, -0.25) is 4.79 Å². The molecule has 104 valence electrons. The smallest absolute Gasteiger partial charge is 0.255 e. The molecule has 0 bridgehead atoms.